The van der Waals surface area contributed by atoms with Gasteiger partial charge in [-0.3, -0.25) is 0 Å². The molecule has 0 atom stereocenters. The Hall–Kier alpha value is -3.99. The summed E-state index contributed by atoms with van der Waals surface area (Å²) in [5, 5.41) is 11.1. The lowest BCUT2D eigenvalue weighted by molar-refractivity contribution is 0.0698. The highest BCUT2D eigenvalue weighted by Crippen LogP contribution is 2.38. The summed E-state index contributed by atoms with van der Waals surface area (Å²) < 4.78 is 13.8. The van der Waals surface area contributed by atoms with Gasteiger partial charge in [0, 0.05) is 28.0 Å². The number of carboxylic acid groups (broad SMARTS) is 1. The third-order valence-electron chi connectivity index (χ3n) is 5.45. The fourth-order valence-corrected chi connectivity index (χ4v) is 4.10. The first kappa shape index (κ1) is 18.1. The Labute approximate surface area is 171 Å². The average Bonchev–Trinajstić information content (AvgIpc) is 3.17. The van der Waals surface area contributed by atoms with E-state index in [1.54, 1.807) is 6.92 Å². The fourth-order valence-electron chi connectivity index (χ4n) is 4.10. The average molecular weight is 396 g/mol. The number of aromatic carboxylic acids is 1. The van der Waals surface area contributed by atoms with E-state index in [2.05, 4.69) is 4.98 Å². The van der Waals surface area contributed by atoms with E-state index in [0.717, 1.165) is 27.6 Å². The van der Waals surface area contributed by atoms with Crippen LogP contribution in [0.25, 0.3) is 44.2 Å². The maximum absolute atomic E-state index is 13.8. The molecule has 0 radical (unpaired) electrons. The Morgan fingerprint density at radius 2 is 1.80 bits per heavy atom. The summed E-state index contributed by atoms with van der Waals surface area (Å²) in [6.45, 7) is 1.72. The predicted octanol–water partition coefficient (Wildman–Crippen LogP) is 6.20. The van der Waals surface area contributed by atoms with Gasteiger partial charge < -0.3 is 10.1 Å². The van der Waals surface area contributed by atoms with Gasteiger partial charge in [-0.15, -0.1) is 0 Å². The van der Waals surface area contributed by atoms with Gasteiger partial charge in [0.05, 0.1) is 16.8 Å². The zero-order chi connectivity index (χ0) is 20.8. The highest BCUT2D eigenvalue weighted by molar-refractivity contribution is 6.09. The molecule has 0 aliphatic rings. The van der Waals surface area contributed by atoms with Crippen LogP contribution in [0.5, 0.6) is 0 Å². The second-order valence-electron chi connectivity index (χ2n) is 7.22. The first-order valence-electron chi connectivity index (χ1n) is 9.53. The molecule has 2 N–H and O–H groups in total. The summed E-state index contributed by atoms with van der Waals surface area (Å²) in [6.07, 6.45) is 1.85. The SMILES string of the molecule is Cc1c(-c2c[nH]c3cccc(-c4ccccc4)c23)nc2ccc(F)cc2c1C(=O)O. The molecular weight excluding hydrogens is 379 g/mol. The number of aromatic amines is 1. The molecule has 0 fully saturated rings. The second kappa shape index (κ2) is 6.81. The number of nitrogens with zero attached hydrogens (tertiary/aromatic N) is 1. The van der Waals surface area contributed by atoms with Crippen molar-refractivity contribution in [2.45, 2.75) is 6.92 Å². The van der Waals surface area contributed by atoms with Crippen molar-refractivity contribution in [2.75, 3.05) is 0 Å². The molecule has 30 heavy (non-hydrogen) atoms. The zero-order valence-corrected chi connectivity index (χ0v) is 16.1. The molecule has 5 aromatic rings. The predicted molar refractivity (Wildman–Crippen MR) is 116 cm³/mol. The number of rotatable bonds is 3. The Bertz CT molecular complexity index is 1440. The molecule has 0 amide bonds. The van der Waals surface area contributed by atoms with Crippen LogP contribution >= 0.6 is 0 Å². The maximum atomic E-state index is 13.8. The number of fused-ring (bicyclic) bond motifs is 2. The van der Waals surface area contributed by atoms with Gasteiger partial charge in [-0.05, 0) is 47.9 Å². The van der Waals surface area contributed by atoms with Crippen LogP contribution < -0.4 is 0 Å². The van der Waals surface area contributed by atoms with Crippen molar-refractivity contribution in [1.29, 1.82) is 0 Å². The molecule has 2 heterocycles. The number of benzene rings is 3. The van der Waals surface area contributed by atoms with E-state index in [0.29, 0.717) is 22.2 Å². The molecular formula is C25H17FN2O2. The number of carboxylic acids is 1. The number of nitrogens with one attached hydrogen (secondary N) is 1. The van der Waals surface area contributed by atoms with Crippen LogP contribution in [0.3, 0.4) is 0 Å². The van der Waals surface area contributed by atoms with E-state index in [-0.39, 0.29) is 5.56 Å². The van der Waals surface area contributed by atoms with E-state index in [4.69, 9.17) is 4.98 Å². The topological polar surface area (TPSA) is 66.0 Å². The lowest BCUT2D eigenvalue weighted by Crippen LogP contribution is -2.05. The number of hydrogen-bond acceptors (Lipinski definition) is 2. The molecule has 0 aliphatic heterocycles. The summed E-state index contributed by atoms with van der Waals surface area (Å²) in [5.74, 6) is -1.59. The van der Waals surface area contributed by atoms with Crippen molar-refractivity contribution >= 4 is 27.8 Å². The van der Waals surface area contributed by atoms with Crippen LogP contribution in [0.4, 0.5) is 4.39 Å². The molecule has 146 valence electrons. The molecule has 0 bridgehead atoms. The van der Waals surface area contributed by atoms with Crippen molar-refractivity contribution in [3.8, 4) is 22.4 Å². The van der Waals surface area contributed by atoms with E-state index >= 15 is 0 Å². The van der Waals surface area contributed by atoms with E-state index < -0.39 is 11.8 Å². The van der Waals surface area contributed by atoms with Crippen LogP contribution in [0.2, 0.25) is 0 Å². The van der Waals surface area contributed by atoms with Crippen LogP contribution in [-0.4, -0.2) is 21.0 Å². The molecule has 5 heteroatoms. The van der Waals surface area contributed by atoms with Crippen LogP contribution in [0.15, 0.2) is 72.9 Å². The number of aromatic nitrogens is 2. The van der Waals surface area contributed by atoms with Gasteiger partial charge in [0.25, 0.3) is 0 Å². The fraction of sp³-hybridized carbons (Fsp3) is 0.0400. The van der Waals surface area contributed by atoms with Crippen molar-refractivity contribution in [2.24, 2.45) is 0 Å². The zero-order valence-electron chi connectivity index (χ0n) is 16.1. The highest BCUT2D eigenvalue weighted by Gasteiger charge is 2.21. The van der Waals surface area contributed by atoms with Crippen molar-refractivity contribution in [3.63, 3.8) is 0 Å². The Balaban J connectivity index is 1.87. The Morgan fingerprint density at radius 1 is 1.00 bits per heavy atom. The minimum absolute atomic E-state index is 0.0704. The van der Waals surface area contributed by atoms with Gasteiger partial charge >= 0.3 is 5.97 Å². The van der Waals surface area contributed by atoms with E-state index in [1.807, 2.05) is 54.7 Å². The normalized spacial score (nSPS) is 11.3. The third-order valence-corrected chi connectivity index (χ3v) is 5.45. The van der Waals surface area contributed by atoms with Crippen molar-refractivity contribution in [3.05, 3.63) is 89.9 Å². The van der Waals surface area contributed by atoms with Crippen LogP contribution in [-0.2, 0) is 0 Å². The minimum atomic E-state index is -1.10. The third kappa shape index (κ3) is 2.75. The van der Waals surface area contributed by atoms with Gasteiger partial charge in [-0.1, -0.05) is 42.5 Å². The first-order chi connectivity index (χ1) is 14.5. The van der Waals surface area contributed by atoms with Gasteiger partial charge in [0.2, 0.25) is 0 Å². The molecule has 2 aromatic heterocycles. The number of pyridine rings is 1. The number of H-pyrrole nitrogens is 1. The maximum Gasteiger partial charge on any atom is 0.336 e. The standard InChI is InChI=1S/C25H17FN2O2/c1-14-22(25(29)30)18-12-16(26)10-11-20(18)28-24(14)19-13-27-21-9-5-8-17(23(19)21)15-6-3-2-4-7-15/h2-13,27H,1H3,(H,29,30). The monoisotopic (exact) mass is 396 g/mol. The van der Waals surface area contributed by atoms with Gasteiger partial charge in [-0.25, -0.2) is 14.2 Å². The molecule has 3 aromatic carbocycles. The summed E-state index contributed by atoms with van der Waals surface area (Å²) >= 11 is 0. The highest BCUT2D eigenvalue weighted by atomic mass is 19.1. The Morgan fingerprint density at radius 3 is 2.57 bits per heavy atom. The van der Waals surface area contributed by atoms with Crippen molar-refractivity contribution < 1.29 is 14.3 Å². The lowest BCUT2D eigenvalue weighted by Gasteiger charge is -2.13. The second-order valence-corrected chi connectivity index (χ2v) is 7.22. The van der Waals surface area contributed by atoms with Gasteiger partial charge in [0.15, 0.2) is 0 Å². The van der Waals surface area contributed by atoms with Crippen molar-refractivity contribution in [1.82, 2.24) is 9.97 Å². The Kier molecular flexibility index (Phi) is 4.10. The molecule has 0 saturated heterocycles. The smallest absolute Gasteiger partial charge is 0.336 e. The van der Waals surface area contributed by atoms with Crippen LogP contribution in [0.1, 0.15) is 15.9 Å². The summed E-state index contributed by atoms with van der Waals surface area (Å²) in [5.41, 5.74) is 5.43. The number of hydrogen-bond donors (Lipinski definition) is 2. The minimum Gasteiger partial charge on any atom is -0.478 e. The molecule has 0 unspecified atom stereocenters. The van der Waals surface area contributed by atoms with E-state index in [1.165, 1.54) is 18.2 Å². The van der Waals surface area contributed by atoms with Crippen LogP contribution in [0, 0.1) is 12.7 Å². The summed E-state index contributed by atoms with van der Waals surface area (Å²) in [4.78, 5) is 20.1. The molecule has 0 aliphatic carbocycles. The summed E-state index contributed by atoms with van der Waals surface area (Å²) in [7, 11) is 0. The molecule has 4 nitrogen and oxygen atoms in total. The lowest BCUT2D eigenvalue weighted by atomic mass is 9.94. The molecule has 0 spiro atoms. The molecule has 0 saturated carbocycles. The van der Waals surface area contributed by atoms with Gasteiger partial charge in [0.1, 0.15) is 5.82 Å². The van der Waals surface area contributed by atoms with E-state index in [9.17, 15) is 14.3 Å². The van der Waals surface area contributed by atoms with Gasteiger partial charge in [-0.2, -0.15) is 0 Å². The number of carbonyl (C=O) groups is 1. The molecule has 5 rings (SSSR count). The summed E-state index contributed by atoms with van der Waals surface area (Å²) in [6, 6.07) is 20.1. The largest absolute Gasteiger partial charge is 0.478 e. The number of halogens is 1. The first-order valence-corrected chi connectivity index (χ1v) is 9.53. The quantitative estimate of drug-likeness (QED) is 0.382.